The molecule has 1 saturated heterocycles. The minimum atomic E-state index is 0.0702. The third-order valence-electron chi connectivity index (χ3n) is 2.39. The number of aliphatic hydroxyl groups is 1. The predicted molar refractivity (Wildman–Crippen MR) is 67.6 cm³/mol. The Bertz CT molecular complexity index is 360. The first-order valence-electron chi connectivity index (χ1n) is 4.86. The molecule has 0 aromatic carbocycles. The number of anilines is 1. The van der Waals surface area contributed by atoms with Gasteiger partial charge < -0.3 is 10.0 Å². The van der Waals surface area contributed by atoms with Crippen LogP contribution in [-0.4, -0.2) is 45.8 Å². The zero-order valence-corrected chi connectivity index (χ0v) is 10.8. The smallest absolute Gasteiger partial charge is 0.225 e. The second kappa shape index (κ2) is 5.40. The van der Waals surface area contributed by atoms with Gasteiger partial charge in [0.1, 0.15) is 11.0 Å². The second-order valence-electron chi connectivity index (χ2n) is 3.42. The first kappa shape index (κ1) is 12.2. The first-order chi connectivity index (χ1) is 7.70. The van der Waals surface area contributed by atoms with E-state index in [0.29, 0.717) is 11.0 Å². The van der Waals surface area contributed by atoms with Crippen LogP contribution in [0.1, 0.15) is 0 Å². The van der Waals surface area contributed by atoms with E-state index >= 15 is 0 Å². The fourth-order valence-electron chi connectivity index (χ4n) is 1.63. The molecule has 0 saturated carbocycles. The standard InChI is InChI=1S/C9H11Cl2N3OS/c10-7-3-8(13-9(11)12-7)14-1-2-16-5-6(14)4-15/h3,6,15H,1-2,4-5H2. The largest absolute Gasteiger partial charge is 0.394 e. The van der Waals surface area contributed by atoms with Gasteiger partial charge in [0.05, 0.1) is 12.6 Å². The Balaban J connectivity index is 2.26. The molecule has 1 aliphatic rings. The van der Waals surface area contributed by atoms with E-state index in [4.69, 9.17) is 23.2 Å². The molecule has 1 aromatic rings. The summed E-state index contributed by atoms with van der Waals surface area (Å²) in [6.45, 7) is 0.936. The summed E-state index contributed by atoms with van der Waals surface area (Å²) in [6, 6.07) is 1.74. The highest BCUT2D eigenvalue weighted by atomic mass is 35.5. The lowest BCUT2D eigenvalue weighted by Crippen LogP contribution is -2.45. The van der Waals surface area contributed by atoms with Crippen LogP contribution in [-0.2, 0) is 0 Å². The zero-order valence-electron chi connectivity index (χ0n) is 8.44. The monoisotopic (exact) mass is 279 g/mol. The third-order valence-corrected chi connectivity index (χ3v) is 3.84. The first-order valence-corrected chi connectivity index (χ1v) is 6.77. The lowest BCUT2D eigenvalue weighted by Gasteiger charge is -2.35. The minimum absolute atomic E-state index is 0.0702. The molecule has 1 fully saturated rings. The maximum Gasteiger partial charge on any atom is 0.225 e. The van der Waals surface area contributed by atoms with Gasteiger partial charge in [-0.2, -0.15) is 11.8 Å². The molecule has 1 aromatic heterocycles. The van der Waals surface area contributed by atoms with Crippen molar-refractivity contribution in [2.45, 2.75) is 6.04 Å². The highest BCUT2D eigenvalue weighted by molar-refractivity contribution is 7.99. The molecule has 1 N–H and O–H groups in total. The number of halogens is 2. The topological polar surface area (TPSA) is 49.2 Å². The molecule has 1 aliphatic heterocycles. The van der Waals surface area contributed by atoms with Crippen LogP contribution in [0.15, 0.2) is 6.07 Å². The van der Waals surface area contributed by atoms with E-state index in [1.165, 1.54) is 0 Å². The highest BCUT2D eigenvalue weighted by Gasteiger charge is 2.23. The molecule has 0 bridgehead atoms. The van der Waals surface area contributed by atoms with Crippen molar-refractivity contribution in [3.63, 3.8) is 0 Å². The molecular weight excluding hydrogens is 269 g/mol. The molecule has 0 spiro atoms. The number of nitrogens with zero attached hydrogens (tertiary/aromatic N) is 3. The number of aromatic nitrogens is 2. The van der Waals surface area contributed by atoms with E-state index < -0.39 is 0 Å². The Morgan fingerprint density at radius 1 is 1.50 bits per heavy atom. The van der Waals surface area contributed by atoms with Gasteiger partial charge in [-0.15, -0.1) is 0 Å². The molecule has 0 aliphatic carbocycles. The van der Waals surface area contributed by atoms with Crippen molar-refractivity contribution in [1.29, 1.82) is 0 Å². The van der Waals surface area contributed by atoms with Crippen LogP contribution in [0.5, 0.6) is 0 Å². The van der Waals surface area contributed by atoms with Crippen molar-refractivity contribution in [1.82, 2.24) is 9.97 Å². The highest BCUT2D eigenvalue weighted by Crippen LogP contribution is 2.24. The molecule has 2 rings (SSSR count). The number of hydrogen-bond acceptors (Lipinski definition) is 5. The molecule has 88 valence electrons. The van der Waals surface area contributed by atoms with E-state index in [1.807, 2.05) is 16.7 Å². The lowest BCUT2D eigenvalue weighted by atomic mass is 10.3. The van der Waals surface area contributed by atoms with Crippen LogP contribution in [0, 0.1) is 0 Å². The summed E-state index contributed by atoms with van der Waals surface area (Å²) < 4.78 is 0. The minimum Gasteiger partial charge on any atom is -0.394 e. The molecule has 7 heteroatoms. The van der Waals surface area contributed by atoms with Gasteiger partial charge in [-0.25, -0.2) is 9.97 Å². The number of thioether (sulfide) groups is 1. The molecule has 0 amide bonds. The number of hydrogen-bond donors (Lipinski definition) is 1. The van der Waals surface area contributed by atoms with Crippen molar-refractivity contribution >= 4 is 40.8 Å². The normalized spacial score (nSPS) is 21.2. The van der Waals surface area contributed by atoms with Gasteiger partial charge in [0.2, 0.25) is 5.28 Å². The predicted octanol–water partition coefficient (Wildman–Crippen LogP) is 1.70. The molecule has 4 nitrogen and oxygen atoms in total. The number of rotatable bonds is 2. The fraction of sp³-hybridized carbons (Fsp3) is 0.556. The van der Waals surface area contributed by atoms with Crippen LogP contribution >= 0.6 is 35.0 Å². The van der Waals surface area contributed by atoms with Crippen molar-refractivity contribution in [2.24, 2.45) is 0 Å². The van der Waals surface area contributed by atoms with Crippen LogP contribution in [0.25, 0.3) is 0 Å². The summed E-state index contributed by atoms with van der Waals surface area (Å²) in [5.74, 6) is 2.58. The quantitative estimate of drug-likeness (QED) is 0.660. The van der Waals surface area contributed by atoms with E-state index in [1.54, 1.807) is 6.07 Å². The van der Waals surface area contributed by atoms with Gasteiger partial charge in [-0.05, 0) is 11.6 Å². The van der Waals surface area contributed by atoms with E-state index in [-0.39, 0.29) is 17.9 Å². The Labute approximate surface area is 108 Å². The zero-order chi connectivity index (χ0) is 11.5. The van der Waals surface area contributed by atoms with Crippen molar-refractivity contribution in [2.75, 3.05) is 29.6 Å². The Morgan fingerprint density at radius 2 is 2.31 bits per heavy atom. The van der Waals surface area contributed by atoms with Crippen LogP contribution in [0.3, 0.4) is 0 Å². The Hall–Kier alpha value is -0.230. The summed E-state index contributed by atoms with van der Waals surface area (Å²) in [5, 5.41) is 9.76. The fourth-order valence-corrected chi connectivity index (χ4v) is 3.08. The van der Waals surface area contributed by atoms with Gasteiger partial charge in [0.15, 0.2) is 0 Å². The van der Waals surface area contributed by atoms with E-state index in [9.17, 15) is 5.11 Å². The summed E-state index contributed by atoms with van der Waals surface area (Å²) in [5.41, 5.74) is 0. The molecule has 16 heavy (non-hydrogen) atoms. The molecule has 0 radical (unpaired) electrons. The lowest BCUT2D eigenvalue weighted by molar-refractivity contribution is 0.268. The van der Waals surface area contributed by atoms with Crippen molar-refractivity contribution in [3.05, 3.63) is 16.5 Å². The van der Waals surface area contributed by atoms with Gasteiger partial charge in [-0.3, -0.25) is 0 Å². The van der Waals surface area contributed by atoms with E-state index in [2.05, 4.69) is 9.97 Å². The van der Waals surface area contributed by atoms with Gasteiger partial charge in [0.25, 0.3) is 0 Å². The average molecular weight is 280 g/mol. The maximum absolute atomic E-state index is 9.30. The Morgan fingerprint density at radius 3 is 3.00 bits per heavy atom. The molecular formula is C9H11Cl2N3OS. The van der Waals surface area contributed by atoms with Crippen molar-refractivity contribution < 1.29 is 5.11 Å². The van der Waals surface area contributed by atoms with E-state index in [0.717, 1.165) is 18.1 Å². The SMILES string of the molecule is OCC1CSCCN1c1cc(Cl)nc(Cl)n1. The maximum atomic E-state index is 9.30. The second-order valence-corrected chi connectivity index (χ2v) is 5.30. The van der Waals surface area contributed by atoms with Crippen LogP contribution in [0.4, 0.5) is 5.82 Å². The van der Waals surface area contributed by atoms with Crippen LogP contribution in [0.2, 0.25) is 10.4 Å². The third kappa shape index (κ3) is 2.71. The Kier molecular flexibility index (Phi) is 4.13. The van der Waals surface area contributed by atoms with Gasteiger partial charge in [0, 0.05) is 24.1 Å². The summed E-state index contributed by atoms with van der Waals surface area (Å²) >= 11 is 13.4. The van der Waals surface area contributed by atoms with Crippen molar-refractivity contribution in [3.8, 4) is 0 Å². The molecule has 1 atom stereocenters. The molecule has 2 heterocycles. The average Bonchev–Trinajstić information content (AvgIpc) is 2.27. The summed E-state index contributed by atoms with van der Waals surface area (Å²) in [7, 11) is 0. The summed E-state index contributed by atoms with van der Waals surface area (Å²) in [6.07, 6.45) is 0. The van der Waals surface area contributed by atoms with Crippen LogP contribution < -0.4 is 4.90 Å². The summed E-state index contributed by atoms with van der Waals surface area (Å²) in [4.78, 5) is 9.96. The molecule has 1 unspecified atom stereocenters. The number of aliphatic hydroxyl groups excluding tert-OH is 1. The van der Waals surface area contributed by atoms with Gasteiger partial charge >= 0.3 is 0 Å². The van der Waals surface area contributed by atoms with Gasteiger partial charge in [-0.1, -0.05) is 11.6 Å².